The summed E-state index contributed by atoms with van der Waals surface area (Å²) < 4.78 is 0. The van der Waals surface area contributed by atoms with Gasteiger partial charge in [-0.15, -0.1) is 6.42 Å². The second-order valence-corrected chi connectivity index (χ2v) is 5.04. The lowest BCUT2D eigenvalue weighted by Gasteiger charge is -2.47. The molecule has 0 aromatic rings. The Hall–Kier alpha value is -1.83. The van der Waals surface area contributed by atoms with Crippen LogP contribution in [0.3, 0.4) is 0 Å². The Morgan fingerprint density at radius 1 is 1.35 bits per heavy atom. The molecule has 2 fully saturated rings. The fraction of sp³-hybridized carbons (Fsp3) is 0.583. The molecule has 0 aromatic heterocycles. The molecule has 1 spiro atoms. The van der Waals surface area contributed by atoms with Gasteiger partial charge in [-0.05, 0) is 26.7 Å². The van der Waals surface area contributed by atoms with Crippen LogP contribution in [-0.2, 0) is 9.59 Å². The molecule has 0 unspecified atom stereocenters. The van der Waals surface area contributed by atoms with Crippen LogP contribution in [0.25, 0.3) is 0 Å². The zero-order valence-corrected chi connectivity index (χ0v) is 9.87. The van der Waals surface area contributed by atoms with Crippen LogP contribution < -0.4 is 5.32 Å². The van der Waals surface area contributed by atoms with Gasteiger partial charge in [0, 0.05) is 0 Å². The number of imide groups is 2. The van der Waals surface area contributed by atoms with Crippen molar-refractivity contribution < 1.29 is 14.4 Å². The van der Waals surface area contributed by atoms with Gasteiger partial charge >= 0.3 is 6.03 Å². The van der Waals surface area contributed by atoms with Gasteiger partial charge in [0.15, 0.2) is 0 Å². The Labute approximate surface area is 99.5 Å². The largest absolute Gasteiger partial charge is 0.332 e. The molecule has 2 rings (SSSR count). The summed E-state index contributed by atoms with van der Waals surface area (Å²) in [6, 6.07) is -0.722. The van der Waals surface area contributed by atoms with Gasteiger partial charge in [-0.25, -0.2) is 9.69 Å². The predicted molar refractivity (Wildman–Crippen MR) is 59.6 cm³/mol. The summed E-state index contributed by atoms with van der Waals surface area (Å²) in [7, 11) is 0. The quantitative estimate of drug-likeness (QED) is 0.535. The Bertz CT molecular complexity index is 455. The third kappa shape index (κ3) is 1.37. The molecule has 5 heteroatoms. The molecular formula is C12H14N2O3. The Kier molecular flexibility index (Phi) is 2.28. The van der Waals surface area contributed by atoms with Gasteiger partial charge < -0.3 is 0 Å². The molecule has 0 aromatic carbocycles. The summed E-state index contributed by atoms with van der Waals surface area (Å²) in [5.41, 5.74) is -2.08. The maximum absolute atomic E-state index is 12.3. The first-order valence-electron chi connectivity index (χ1n) is 5.53. The number of carbonyl (C=O) groups excluding carboxylic acids is 3. The van der Waals surface area contributed by atoms with Crippen molar-refractivity contribution in [1.82, 2.24) is 10.2 Å². The smallest absolute Gasteiger partial charge is 0.277 e. The molecule has 1 saturated carbocycles. The monoisotopic (exact) mass is 234 g/mol. The van der Waals surface area contributed by atoms with Crippen molar-refractivity contribution in [3.8, 4) is 12.3 Å². The zero-order chi connectivity index (χ0) is 12.8. The van der Waals surface area contributed by atoms with Crippen LogP contribution in [-0.4, -0.2) is 28.3 Å². The fourth-order valence-electron chi connectivity index (χ4n) is 2.22. The van der Waals surface area contributed by atoms with E-state index in [1.54, 1.807) is 13.8 Å². The highest BCUT2D eigenvalue weighted by Gasteiger charge is 2.59. The van der Waals surface area contributed by atoms with E-state index in [1.165, 1.54) is 0 Å². The molecule has 1 N–H and O–H groups in total. The summed E-state index contributed by atoms with van der Waals surface area (Å²) in [5, 5.41) is 2.22. The van der Waals surface area contributed by atoms with E-state index in [1.807, 2.05) is 0 Å². The number of nitrogens with one attached hydrogen (secondary N) is 1. The van der Waals surface area contributed by atoms with E-state index < -0.39 is 28.8 Å². The molecule has 0 radical (unpaired) electrons. The van der Waals surface area contributed by atoms with Crippen LogP contribution in [0.2, 0.25) is 0 Å². The first kappa shape index (κ1) is 11.6. The van der Waals surface area contributed by atoms with Crippen LogP contribution in [0, 0.1) is 17.8 Å². The lowest BCUT2D eigenvalue weighted by molar-refractivity contribution is -0.159. The van der Waals surface area contributed by atoms with Crippen molar-refractivity contribution in [3.05, 3.63) is 0 Å². The van der Waals surface area contributed by atoms with Crippen molar-refractivity contribution >= 4 is 17.8 Å². The maximum Gasteiger partial charge on any atom is 0.332 e. The number of terminal acetylenes is 1. The third-order valence-electron chi connectivity index (χ3n) is 3.59. The summed E-state index contributed by atoms with van der Waals surface area (Å²) in [6.45, 7) is 3.21. The molecular weight excluding hydrogens is 220 g/mol. The molecule has 5 nitrogen and oxygen atoms in total. The Morgan fingerprint density at radius 2 is 1.94 bits per heavy atom. The first-order valence-corrected chi connectivity index (χ1v) is 5.53. The summed E-state index contributed by atoms with van der Waals surface area (Å²) in [4.78, 5) is 36.8. The Balaban J connectivity index is 2.41. The van der Waals surface area contributed by atoms with Crippen molar-refractivity contribution in [2.45, 2.75) is 38.6 Å². The summed E-state index contributed by atoms with van der Waals surface area (Å²) in [5.74, 6) is 1.46. The van der Waals surface area contributed by atoms with Gasteiger partial charge in [0.1, 0.15) is 11.0 Å². The number of nitrogens with zero attached hydrogens (tertiary/aromatic N) is 1. The predicted octanol–water partition coefficient (Wildman–Crippen LogP) is 0.647. The van der Waals surface area contributed by atoms with Crippen LogP contribution in [0.4, 0.5) is 4.79 Å². The highest BCUT2D eigenvalue weighted by atomic mass is 16.2. The molecule has 1 aliphatic carbocycles. The van der Waals surface area contributed by atoms with Gasteiger partial charge in [-0.3, -0.25) is 14.9 Å². The number of barbiturate groups is 1. The first-order chi connectivity index (χ1) is 7.85. The minimum absolute atomic E-state index is 0.458. The van der Waals surface area contributed by atoms with Crippen LogP contribution in [0.5, 0.6) is 0 Å². The van der Waals surface area contributed by atoms with Gasteiger partial charge in [0.25, 0.3) is 0 Å². The second kappa shape index (κ2) is 3.33. The molecule has 0 bridgehead atoms. The number of hydrogen-bond donors (Lipinski definition) is 1. The number of hydrogen-bond acceptors (Lipinski definition) is 3. The summed E-state index contributed by atoms with van der Waals surface area (Å²) >= 11 is 0. The number of rotatable bonds is 1. The minimum atomic E-state index is -1.05. The van der Waals surface area contributed by atoms with Gasteiger partial charge in [-0.2, -0.15) is 0 Å². The lowest BCUT2D eigenvalue weighted by atomic mass is 9.66. The fourth-order valence-corrected chi connectivity index (χ4v) is 2.22. The zero-order valence-electron chi connectivity index (χ0n) is 9.87. The van der Waals surface area contributed by atoms with Crippen LogP contribution in [0.15, 0.2) is 0 Å². The van der Waals surface area contributed by atoms with E-state index in [4.69, 9.17) is 6.42 Å². The Morgan fingerprint density at radius 3 is 2.35 bits per heavy atom. The highest BCUT2D eigenvalue weighted by Crippen LogP contribution is 2.45. The normalized spacial score (nSPS) is 23.1. The van der Waals surface area contributed by atoms with Gasteiger partial charge in [0.05, 0.1) is 0 Å². The molecule has 2 aliphatic rings. The standard InChI is InChI=1S/C12H14N2O3/c1-4-11(2,3)14-9(16)12(6-5-7-12)8(15)13-10(14)17/h1H,5-7H2,2-3H3,(H,13,15,17). The summed E-state index contributed by atoms with van der Waals surface area (Å²) in [6.07, 6.45) is 7.13. The molecule has 0 atom stereocenters. The van der Waals surface area contributed by atoms with E-state index >= 15 is 0 Å². The lowest BCUT2D eigenvalue weighted by Crippen LogP contribution is -2.69. The maximum atomic E-state index is 12.3. The average molecular weight is 234 g/mol. The van der Waals surface area contributed by atoms with Crippen molar-refractivity contribution in [2.75, 3.05) is 0 Å². The van der Waals surface area contributed by atoms with Crippen LogP contribution in [0.1, 0.15) is 33.1 Å². The van der Waals surface area contributed by atoms with E-state index in [-0.39, 0.29) is 0 Å². The van der Waals surface area contributed by atoms with Gasteiger partial charge in [0.2, 0.25) is 11.8 Å². The highest BCUT2D eigenvalue weighted by molar-refractivity contribution is 6.20. The van der Waals surface area contributed by atoms with E-state index in [0.717, 1.165) is 11.3 Å². The van der Waals surface area contributed by atoms with Gasteiger partial charge in [-0.1, -0.05) is 12.3 Å². The number of urea groups is 1. The van der Waals surface area contributed by atoms with E-state index in [2.05, 4.69) is 11.2 Å². The van der Waals surface area contributed by atoms with Crippen LogP contribution >= 0.6 is 0 Å². The third-order valence-corrected chi connectivity index (χ3v) is 3.59. The SMILES string of the molecule is C#CC(C)(C)N1C(=O)NC(=O)C2(CCC2)C1=O. The molecule has 1 heterocycles. The van der Waals surface area contributed by atoms with Crippen molar-refractivity contribution in [1.29, 1.82) is 0 Å². The molecule has 90 valence electrons. The van der Waals surface area contributed by atoms with E-state index in [0.29, 0.717) is 12.8 Å². The molecule has 4 amide bonds. The molecule has 1 aliphatic heterocycles. The second-order valence-electron chi connectivity index (χ2n) is 5.04. The molecule has 17 heavy (non-hydrogen) atoms. The number of amides is 4. The number of carbonyl (C=O) groups is 3. The van der Waals surface area contributed by atoms with Crippen molar-refractivity contribution in [2.24, 2.45) is 5.41 Å². The minimum Gasteiger partial charge on any atom is -0.277 e. The van der Waals surface area contributed by atoms with Crippen molar-refractivity contribution in [3.63, 3.8) is 0 Å². The average Bonchev–Trinajstić information content (AvgIpc) is 2.14. The van der Waals surface area contributed by atoms with E-state index in [9.17, 15) is 14.4 Å². The molecule has 1 saturated heterocycles. The topological polar surface area (TPSA) is 66.5 Å².